The molecule has 0 spiro atoms. The summed E-state index contributed by atoms with van der Waals surface area (Å²) in [6.07, 6.45) is 2.53. The average Bonchev–Trinajstić information content (AvgIpc) is 2.99. The summed E-state index contributed by atoms with van der Waals surface area (Å²) in [7, 11) is 0. The smallest absolute Gasteiger partial charge is 0.292 e. The molecule has 1 aliphatic rings. The summed E-state index contributed by atoms with van der Waals surface area (Å²) >= 11 is 0. The van der Waals surface area contributed by atoms with Crippen LogP contribution in [0.5, 0.6) is 0 Å². The highest BCUT2D eigenvalue weighted by Gasteiger charge is 2.15. The second-order valence-corrected chi connectivity index (χ2v) is 5.05. The largest absolute Gasteiger partial charge is 0.379 e. The maximum atomic E-state index is 11.7. The van der Waals surface area contributed by atoms with Crippen molar-refractivity contribution in [2.75, 3.05) is 25.0 Å². The second-order valence-electron chi connectivity index (χ2n) is 5.05. The number of nitrogens with zero attached hydrogens (tertiary/aromatic N) is 1. The fourth-order valence-electron chi connectivity index (χ4n) is 2.35. The van der Waals surface area contributed by atoms with Crippen LogP contribution in [0.15, 0.2) is 24.3 Å². The number of rotatable bonds is 7. The molecule has 0 radical (unpaired) electrons. The van der Waals surface area contributed by atoms with Gasteiger partial charge in [0.25, 0.3) is 5.69 Å². The summed E-state index contributed by atoms with van der Waals surface area (Å²) in [6, 6.07) is 6.79. The Morgan fingerprint density at radius 3 is 2.86 bits per heavy atom. The van der Waals surface area contributed by atoms with Gasteiger partial charge in [0, 0.05) is 31.6 Å². The van der Waals surface area contributed by atoms with Crippen molar-refractivity contribution >= 4 is 29.7 Å². The monoisotopic (exact) mass is 328 g/mol. The molecule has 3 N–H and O–H groups in total. The summed E-state index contributed by atoms with van der Waals surface area (Å²) in [4.78, 5) is 22.1. The number of nitro benzene ring substituents is 1. The first-order chi connectivity index (χ1) is 10.2. The Labute approximate surface area is 135 Å². The third kappa shape index (κ3) is 5.50. The number of hydrogen-bond acceptors (Lipinski definition) is 5. The summed E-state index contributed by atoms with van der Waals surface area (Å²) in [6.45, 7) is 2.03. The van der Waals surface area contributed by atoms with Crippen LogP contribution in [-0.4, -0.2) is 36.5 Å². The normalized spacial score (nSPS) is 16.6. The van der Waals surface area contributed by atoms with Crippen molar-refractivity contribution in [3.05, 3.63) is 34.4 Å². The SMILES string of the molecule is Cl.O=C(CCNc1ccccc1[N+](=O)[O-])NCC1CCCN1. The van der Waals surface area contributed by atoms with E-state index < -0.39 is 4.92 Å². The molecule has 8 heteroatoms. The maximum Gasteiger partial charge on any atom is 0.292 e. The molecule has 0 saturated carbocycles. The van der Waals surface area contributed by atoms with Gasteiger partial charge in [-0.15, -0.1) is 12.4 Å². The van der Waals surface area contributed by atoms with Crippen LogP contribution in [0.2, 0.25) is 0 Å². The van der Waals surface area contributed by atoms with Gasteiger partial charge in [-0.05, 0) is 25.5 Å². The summed E-state index contributed by atoms with van der Waals surface area (Å²) in [5.41, 5.74) is 0.459. The van der Waals surface area contributed by atoms with Crippen molar-refractivity contribution in [1.82, 2.24) is 10.6 Å². The van der Waals surface area contributed by atoms with Gasteiger partial charge in [0.1, 0.15) is 5.69 Å². The van der Waals surface area contributed by atoms with E-state index in [4.69, 9.17) is 0 Å². The van der Waals surface area contributed by atoms with E-state index in [2.05, 4.69) is 16.0 Å². The number of amides is 1. The van der Waals surface area contributed by atoms with E-state index in [1.807, 2.05) is 0 Å². The van der Waals surface area contributed by atoms with Crippen molar-refractivity contribution in [3.63, 3.8) is 0 Å². The lowest BCUT2D eigenvalue weighted by Gasteiger charge is -2.12. The van der Waals surface area contributed by atoms with E-state index in [9.17, 15) is 14.9 Å². The summed E-state index contributed by atoms with van der Waals surface area (Å²) in [5, 5.41) is 20.0. The van der Waals surface area contributed by atoms with Crippen LogP contribution in [0.4, 0.5) is 11.4 Å². The Balaban J connectivity index is 0.00000242. The van der Waals surface area contributed by atoms with Gasteiger partial charge in [-0.2, -0.15) is 0 Å². The molecule has 22 heavy (non-hydrogen) atoms. The van der Waals surface area contributed by atoms with Crippen molar-refractivity contribution in [2.45, 2.75) is 25.3 Å². The Morgan fingerprint density at radius 2 is 2.18 bits per heavy atom. The highest BCUT2D eigenvalue weighted by molar-refractivity contribution is 5.85. The number of hydrogen-bond donors (Lipinski definition) is 3. The first kappa shape index (κ1) is 18.2. The highest BCUT2D eigenvalue weighted by atomic mass is 35.5. The standard InChI is InChI=1S/C14H20N4O3.ClH/c19-14(17-10-11-4-3-8-15-11)7-9-16-12-5-1-2-6-13(12)18(20)21;/h1-2,5-6,11,15-16H,3-4,7-10H2,(H,17,19);1H. The molecule has 2 rings (SSSR count). The number of nitro groups is 1. The number of nitrogens with one attached hydrogen (secondary N) is 3. The average molecular weight is 329 g/mol. The van der Waals surface area contributed by atoms with E-state index in [-0.39, 0.29) is 24.0 Å². The van der Waals surface area contributed by atoms with Crippen molar-refractivity contribution in [3.8, 4) is 0 Å². The molecule has 1 heterocycles. The minimum Gasteiger partial charge on any atom is -0.379 e. The number of para-hydroxylation sites is 2. The fourth-order valence-corrected chi connectivity index (χ4v) is 2.35. The first-order valence-electron chi connectivity index (χ1n) is 7.14. The van der Waals surface area contributed by atoms with Gasteiger partial charge in [-0.1, -0.05) is 12.1 Å². The maximum absolute atomic E-state index is 11.7. The van der Waals surface area contributed by atoms with Crippen LogP contribution in [0.1, 0.15) is 19.3 Å². The van der Waals surface area contributed by atoms with Gasteiger partial charge in [-0.3, -0.25) is 14.9 Å². The second kappa shape index (κ2) is 9.22. The van der Waals surface area contributed by atoms with Crippen molar-refractivity contribution in [1.29, 1.82) is 0 Å². The number of benzene rings is 1. The molecule has 1 saturated heterocycles. The molecular weight excluding hydrogens is 308 g/mol. The molecule has 1 fully saturated rings. The van der Waals surface area contributed by atoms with Crippen molar-refractivity contribution in [2.24, 2.45) is 0 Å². The lowest BCUT2D eigenvalue weighted by molar-refractivity contribution is -0.384. The zero-order chi connectivity index (χ0) is 15.1. The van der Waals surface area contributed by atoms with Gasteiger partial charge >= 0.3 is 0 Å². The molecule has 1 atom stereocenters. The molecule has 1 aromatic rings. The summed E-state index contributed by atoms with van der Waals surface area (Å²) < 4.78 is 0. The van der Waals surface area contributed by atoms with Gasteiger partial charge in [-0.25, -0.2) is 0 Å². The van der Waals surface area contributed by atoms with Gasteiger partial charge < -0.3 is 16.0 Å². The van der Waals surface area contributed by atoms with Crippen LogP contribution < -0.4 is 16.0 Å². The number of halogens is 1. The number of carbonyl (C=O) groups excluding carboxylic acids is 1. The third-order valence-corrected chi connectivity index (χ3v) is 3.48. The molecular formula is C14H21ClN4O3. The highest BCUT2D eigenvalue weighted by Crippen LogP contribution is 2.22. The lowest BCUT2D eigenvalue weighted by atomic mass is 10.2. The van der Waals surface area contributed by atoms with Gasteiger partial charge in [0.05, 0.1) is 4.92 Å². The van der Waals surface area contributed by atoms with E-state index in [1.165, 1.54) is 6.07 Å². The predicted molar refractivity (Wildman–Crippen MR) is 87.5 cm³/mol. The molecule has 1 aliphatic heterocycles. The van der Waals surface area contributed by atoms with E-state index in [1.54, 1.807) is 18.2 Å². The minimum atomic E-state index is -0.436. The molecule has 122 valence electrons. The van der Waals surface area contributed by atoms with Crippen LogP contribution in [0.25, 0.3) is 0 Å². The van der Waals surface area contributed by atoms with Crippen LogP contribution in [0, 0.1) is 10.1 Å². The molecule has 7 nitrogen and oxygen atoms in total. The van der Waals surface area contributed by atoms with Crippen LogP contribution in [-0.2, 0) is 4.79 Å². The lowest BCUT2D eigenvalue weighted by Crippen LogP contribution is -2.37. The third-order valence-electron chi connectivity index (χ3n) is 3.48. The Bertz CT molecular complexity index is 507. The predicted octanol–water partition coefficient (Wildman–Crippen LogP) is 1.69. The zero-order valence-electron chi connectivity index (χ0n) is 12.2. The molecule has 1 unspecified atom stereocenters. The quantitative estimate of drug-likeness (QED) is 0.523. The van der Waals surface area contributed by atoms with Gasteiger partial charge in [0.15, 0.2) is 0 Å². The number of anilines is 1. The Morgan fingerprint density at radius 1 is 1.41 bits per heavy atom. The summed E-state index contributed by atoms with van der Waals surface area (Å²) in [5.74, 6) is -0.0465. The minimum absolute atomic E-state index is 0. The fraction of sp³-hybridized carbons (Fsp3) is 0.500. The molecule has 1 aromatic carbocycles. The van der Waals surface area contributed by atoms with Gasteiger partial charge in [0.2, 0.25) is 5.91 Å². The molecule has 0 bridgehead atoms. The first-order valence-corrected chi connectivity index (χ1v) is 7.14. The number of carbonyl (C=O) groups is 1. The Kier molecular flexibility index (Phi) is 7.62. The van der Waals surface area contributed by atoms with Crippen LogP contribution in [0.3, 0.4) is 0 Å². The van der Waals surface area contributed by atoms with Crippen molar-refractivity contribution < 1.29 is 9.72 Å². The Hall–Kier alpha value is -1.86. The molecule has 0 aliphatic carbocycles. The van der Waals surface area contributed by atoms with E-state index in [0.29, 0.717) is 31.2 Å². The molecule has 1 amide bonds. The van der Waals surface area contributed by atoms with E-state index in [0.717, 1.165) is 19.4 Å². The van der Waals surface area contributed by atoms with E-state index >= 15 is 0 Å². The molecule has 0 aromatic heterocycles. The topological polar surface area (TPSA) is 96.3 Å². The van der Waals surface area contributed by atoms with Crippen LogP contribution >= 0.6 is 12.4 Å². The zero-order valence-corrected chi connectivity index (χ0v) is 13.0.